The highest BCUT2D eigenvalue weighted by Gasteiger charge is 2.45. The van der Waals surface area contributed by atoms with E-state index in [9.17, 15) is 0 Å². The molecule has 0 radical (unpaired) electrons. The molecule has 4 rings (SSSR count). The van der Waals surface area contributed by atoms with Crippen molar-refractivity contribution in [1.29, 1.82) is 0 Å². The number of rotatable bonds is 2. The average Bonchev–Trinajstić information content (AvgIpc) is 3.10. The maximum absolute atomic E-state index is 2.45. The predicted molar refractivity (Wildman–Crippen MR) is 83.8 cm³/mol. The summed E-state index contributed by atoms with van der Waals surface area (Å²) in [6, 6.07) is 20.3. The number of benzene rings is 2. The lowest BCUT2D eigenvalue weighted by molar-refractivity contribution is 0.509. The first kappa shape index (κ1) is 12.0. The van der Waals surface area contributed by atoms with E-state index in [1.807, 2.05) is 0 Å². The molecule has 4 atom stereocenters. The van der Waals surface area contributed by atoms with E-state index in [0.717, 1.165) is 11.8 Å². The first-order valence-corrected chi connectivity index (χ1v) is 7.63. The molecular formula is C20H20. The number of hydrogen-bond acceptors (Lipinski definition) is 0. The summed E-state index contributed by atoms with van der Waals surface area (Å²) >= 11 is 0. The Morgan fingerprint density at radius 3 is 1.85 bits per heavy atom. The maximum Gasteiger partial charge on any atom is -0.00243 e. The summed E-state index contributed by atoms with van der Waals surface area (Å²) in [6.07, 6.45) is 6.24. The fourth-order valence-corrected chi connectivity index (χ4v) is 4.20. The van der Waals surface area contributed by atoms with Gasteiger partial charge in [-0.1, -0.05) is 72.3 Å². The monoisotopic (exact) mass is 260 g/mol. The summed E-state index contributed by atoms with van der Waals surface area (Å²) in [7, 11) is 0. The van der Waals surface area contributed by atoms with Crippen LogP contribution in [0.15, 0.2) is 66.7 Å². The normalized spacial score (nSPS) is 30.9. The second kappa shape index (κ2) is 4.63. The predicted octanol–water partition coefficient (Wildman–Crippen LogP) is 5.07. The third kappa shape index (κ3) is 1.83. The Hall–Kier alpha value is -1.82. The summed E-state index contributed by atoms with van der Waals surface area (Å²) in [4.78, 5) is 0. The smallest absolute Gasteiger partial charge is 0.00243 e. The molecule has 0 nitrogen and oxygen atoms in total. The van der Waals surface area contributed by atoms with E-state index in [1.54, 1.807) is 0 Å². The van der Waals surface area contributed by atoms with Gasteiger partial charge in [0.1, 0.15) is 0 Å². The van der Waals surface area contributed by atoms with Gasteiger partial charge in [0.25, 0.3) is 0 Å². The van der Waals surface area contributed by atoms with Crippen molar-refractivity contribution in [3.63, 3.8) is 0 Å². The van der Waals surface area contributed by atoms with Crippen molar-refractivity contribution in [3.8, 4) is 0 Å². The van der Waals surface area contributed by atoms with Crippen molar-refractivity contribution in [1.82, 2.24) is 0 Å². The minimum atomic E-state index is 0.660. The molecule has 1 saturated carbocycles. The summed E-state index contributed by atoms with van der Waals surface area (Å²) < 4.78 is 0. The van der Waals surface area contributed by atoms with E-state index in [2.05, 4.69) is 73.7 Å². The van der Waals surface area contributed by atoms with Gasteiger partial charge < -0.3 is 0 Å². The third-order valence-corrected chi connectivity index (χ3v) is 5.11. The number of fused-ring (bicyclic) bond motifs is 2. The van der Waals surface area contributed by atoms with Crippen molar-refractivity contribution in [2.75, 3.05) is 0 Å². The second-order valence-corrected chi connectivity index (χ2v) is 6.32. The van der Waals surface area contributed by atoms with E-state index < -0.39 is 0 Å². The van der Waals surface area contributed by atoms with Crippen LogP contribution in [0.2, 0.25) is 0 Å². The Balaban J connectivity index is 1.77. The zero-order valence-corrected chi connectivity index (χ0v) is 11.9. The molecule has 2 aromatic carbocycles. The molecule has 0 N–H and O–H groups in total. The Morgan fingerprint density at radius 2 is 1.25 bits per heavy atom. The van der Waals surface area contributed by atoms with E-state index in [-0.39, 0.29) is 0 Å². The molecular weight excluding hydrogens is 240 g/mol. The quantitative estimate of drug-likeness (QED) is 0.661. The Labute approximate surface area is 121 Å². The Kier molecular flexibility index (Phi) is 2.77. The van der Waals surface area contributed by atoms with Gasteiger partial charge in [-0.3, -0.25) is 0 Å². The molecule has 2 aliphatic carbocycles. The molecule has 0 heterocycles. The largest absolute Gasteiger partial charge is 0.0845 e. The summed E-state index contributed by atoms with van der Waals surface area (Å²) in [6.45, 7) is 2.17. The highest BCUT2D eigenvalue weighted by Crippen LogP contribution is 2.57. The maximum atomic E-state index is 2.45. The van der Waals surface area contributed by atoms with Crippen LogP contribution < -0.4 is 0 Å². The van der Waals surface area contributed by atoms with Gasteiger partial charge in [0.2, 0.25) is 0 Å². The summed E-state index contributed by atoms with van der Waals surface area (Å²) in [5.74, 6) is 2.78. The van der Waals surface area contributed by atoms with Crippen LogP contribution in [0.5, 0.6) is 0 Å². The standard InChI is InChI=1S/C20H20/c1-14-7-9-16(10-8-14)20-18-12-11-17(13-18)19(20)15-5-3-2-4-6-15/h2-12,17-20H,13H2,1H3/t17-,18+,19+,20-/m0/s1. The fourth-order valence-electron chi connectivity index (χ4n) is 4.20. The number of aryl methyl sites for hydroxylation is 1. The third-order valence-electron chi connectivity index (χ3n) is 5.11. The van der Waals surface area contributed by atoms with Gasteiger partial charge in [-0.25, -0.2) is 0 Å². The molecule has 100 valence electrons. The molecule has 2 aromatic rings. The average molecular weight is 260 g/mol. The van der Waals surface area contributed by atoms with Gasteiger partial charge in [0.05, 0.1) is 0 Å². The molecule has 20 heavy (non-hydrogen) atoms. The van der Waals surface area contributed by atoms with Crippen LogP contribution in [0.3, 0.4) is 0 Å². The van der Waals surface area contributed by atoms with Crippen molar-refractivity contribution in [2.24, 2.45) is 11.8 Å². The van der Waals surface area contributed by atoms with Gasteiger partial charge in [0.15, 0.2) is 0 Å². The van der Waals surface area contributed by atoms with Gasteiger partial charge in [-0.15, -0.1) is 0 Å². The minimum absolute atomic E-state index is 0.660. The van der Waals surface area contributed by atoms with Crippen molar-refractivity contribution < 1.29 is 0 Å². The van der Waals surface area contributed by atoms with Crippen LogP contribution in [0.25, 0.3) is 0 Å². The molecule has 2 bridgehead atoms. The lowest BCUT2D eigenvalue weighted by Gasteiger charge is -2.29. The van der Waals surface area contributed by atoms with E-state index in [1.165, 1.54) is 23.1 Å². The van der Waals surface area contributed by atoms with Crippen molar-refractivity contribution in [2.45, 2.75) is 25.2 Å². The highest BCUT2D eigenvalue weighted by atomic mass is 14.5. The van der Waals surface area contributed by atoms with Gasteiger partial charge in [-0.2, -0.15) is 0 Å². The van der Waals surface area contributed by atoms with E-state index >= 15 is 0 Å². The topological polar surface area (TPSA) is 0 Å². The molecule has 0 amide bonds. The van der Waals surface area contributed by atoms with Crippen molar-refractivity contribution >= 4 is 0 Å². The molecule has 0 unspecified atom stereocenters. The van der Waals surface area contributed by atoms with E-state index in [0.29, 0.717) is 11.8 Å². The molecule has 1 fully saturated rings. The van der Waals surface area contributed by atoms with Crippen LogP contribution in [0, 0.1) is 18.8 Å². The summed E-state index contributed by atoms with van der Waals surface area (Å²) in [5, 5.41) is 0. The first-order valence-electron chi connectivity index (χ1n) is 7.63. The molecule has 0 spiro atoms. The van der Waals surface area contributed by atoms with Gasteiger partial charge in [-0.05, 0) is 48.1 Å². The van der Waals surface area contributed by atoms with Crippen LogP contribution in [-0.4, -0.2) is 0 Å². The zero-order chi connectivity index (χ0) is 13.5. The fraction of sp³-hybridized carbons (Fsp3) is 0.300. The van der Waals surface area contributed by atoms with Crippen LogP contribution in [0.4, 0.5) is 0 Å². The Morgan fingerprint density at radius 1 is 0.700 bits per heavy atom. The molecule has 0 aliphatic heterocycles. The molecule has 0 saturated heterocycles. The van der Waals surface area contributed by atoms with Crippen LogP contribution in [-0.2, 0) is 0 Å². The zero-order valence-electron chi connectivity index (χ0n) is 11.9. The van der Waals surface area contributed by atoms with Gasteiger partial charge in [0, 0.05) is 0 Å². The molecule has 2 aliphatic rings. The SMILES string of the molecule is Cc1ccc([C@@H]2[C@H](c3ccccc3)[C@H]3C=C[C@@H]2C3)cc1. The number of allylic oxidation sites excluding steroid dienone is 2. The lowest BCUT2D eigenvalue weighted by atomic mass is 9.75. The molecule has 0 aromatic heterocycles. The van der Waals surface area contributed by atoms with Crippen molar-refractivity contribution in [3.05, 3.63) is 83.4 Å². The first-order chi connectivity index (χ1) is 9.83. The molecule has 0 heteroatoms. The van der Waals surface area contributed by atoms with Gasteiger partial charge >= 0.3 is 0 Å². The highest BCUT2D eigenvalue weighted by molar-refractivity contribution is 5.38. The van der Waals surface area contributed by atoms with E-state index in [4.69, 9.17) is 0 Å². The van der Waals surface area contributed by atoms with Crippen LogP contribution >= 0.6 is 0 Å². The van der Waals surface area contributed by atoms with Crippen LogP contribution in [0.1, 0.15) is 34.9 Å². The lowest BCUT2D eigenvalue weighted by Crippen LogP contribution is -2.16. The number of hydrogen-bond donors (Lipinski definition) is 0. The summed E-state index contributed by atoms with van der Waals surface area (Å²) in [5.41, 5.74) is 4.37. The second-order valence-electron chi connectivity index (χ2n) is 6.32. The Bertz CT molecular complexity index is 621. The minimum Gasteiger partial charge on any atom is -0.0845 e.